The van der Waals surface area contributed by atoms with E-state index >= 15 is 0 Å². The fourth-order valence-electron chi connectivity index (χ4n) is 1.67. The van der Waals surface area contributed by atoms with Crippen LogP contribution < -0.4 is 0 Å². The molecule has 1 aromatic rings. The maximum absolute atomic E-state index is 9.60. The van der Waals surface area contributed by atoms with E-state index in [0.717, 1.165) is 12.0 Å². The minimum Gasteiger partial charge on any atom is -0.390 e. The highest BCUT2D eigenvalue weighted by atomic mass is 32.1. The highest BCUT2D eigenvalue weighted by Crippen LogP contribution is 2.35. The van der Waals surface area contributed by atoms with E-state index in [2.05, 4.69) is 13.8 Å². The van der Waals surface area contributed by atoms with Gasteiger partial charge in [-0.15, -0.1) is 11.3 Å². The standard InChI is InChI=1S/C9H12O2S.C3H8.C2H6/c1-5-4-6-8(12-5)3-2-7(10)9(6)11;1-3-2;1-2/h4,7,9-11H,2-3H2,1H3;3H2,1-2H3;1-2H3. The predicted octanol–water partition coefficient (Wildman–Crippen LogP) is 3.84. The van der Waals surface area contributed by atoms with Crippen molar-refractivity contribution in [3.05, 3.63) is 21.4 Å². The van der Waals surface area contributed by atoms with Gasteiger partial charge in [-0.2, -0.15) is 0 Å². The average molecular weight is 258 g/mol. The summed E-state index contributed by atoms with van der Waals surface area (Å²) in [5.41, 5.74) is 0.941. The van der Waals surface area contributed by atoms with Crippen LogP contribution in [0.15, 0.2) is 6.07 Å². The van der Waals surface area contributed by atoms with Crippen LogP contribution in [-0.4, -0.2) is 16.3 Å². The molecule has 0 amide bonds. The van der Waals surface area contributed by atoms with Gasteiger partial charge in [0.15, 0.2) is 0 Å². The lowest BCUT2D eigenvalue weighted by Gasteiger charge is -2.23. The van der Waals surface area contributed by atoms with Gasteiger partial charge in [0.2, 0.25) is 0 Å². The van der Waals surface area contributed by atoms with Crippen molar-refractivity contribution in [1.29, 1.82) is 0 Å². The topological polar surface area (TPSA) is 40.5 Å². The third kappa shape index (κ3) is 4.78. The molecule has 17 heavy (non-hydrogen) atoms. The lowest BCUT2D eigenvalue weighted by Crippen LogP contribution is -2.23. The normalized spacial score (nSPS) is 21.6. The molecule has 2 unspecified atom stereocenters. The van der Waals surface area contributed by atoms with Crippen LogP contribution in [0, 0.1) is 6.92 Å². The van der Waals surface area contributed by atoms with Crippen LogP contribution in [0.3, 0.4) is 0 Å². The summed E-state index contributed by atoms with van der Waals surface area (Å²) in [6.07, 6.45) is 1.63. The molecule has 2 atom stereocenters. The smallest absolute Gasteiger partial charge is 0.106 e. The Morgan fingerprint density at radius 1 is 1.29 bits per heavy atom. The molecular weight excluding hydrogens is 232 g/mol. The Kier molecular flexibility index (Phi) is 8.48. The molecule has 0 spiro atoms. The van der Waals surface area contributed by atoms with Crippen LogP contribution in [0.25, 0.3) is 0 Å². The van der Waals surface area contributed by atoms with Crippen LogP contribution >= 0.6 is 11.3 Å². The Hall–Kier alpha value is -0.380. The van der Waals surface area contributed by atoms with E-state index in [-0.39, 0.29) is 0 Å². The Bertz CT molecular complexity index is 307. The summed E-state index contributed by atoms with van der Waals surface area (Å²) in [6, 6.07) is 1.98. The largest absolute Gasteiger partial charge is 0.390 e. The molecule has 2 nitrogen and oxygen atoms in total. The molecule has 1 aliphatic carbocycles. The summed E-state index contributed by atoms with van der Waals surface area (Å²) in [5.74, 6) is 0. The number of thiophene rings is 1. The molecule has 0 saturated heterocycles. The lowest BCUT2D eigenvalue weighted by molar-refractivity contribution is 0.00724. The molecule has 0 aromatic carbocycles. The minimum absolute atomic E-state index is 0.563. The fraction of sp³-hybridized carbons (Fsp3) is 0.714. The van der Waals surface area contributed by atoms with Crippen molar-refractivity contribution in [2.24, 2.45) is 0 Å². The highest BCUT2D eigenvalue weighted by Gasteiger charge is 2.27. The van der Waals surface area contributed by atoms with Gasteiger partial charge in [-0.05, 0) is 31.4 Å². The second-order valence-corrected chi connectivity index (χ2v) is 5.33. The van der Waals surface area contributed by atoms with Crippen LogP contribution in [0.2, 0.25) is 0 Å². The monoisotopic (exact) mass is 258 g/mol. The Morgan fingerprint density at radius 3 is 2.35 bits per heavy atom. The minimum atomic E-state index is -0.654. The van der Waals surface area contributed by atoms with E-state index in [1.54, 1.807) is 11.3 Å². The second kappa shape index (κ2) is 8.67. The molecule has 1 heterocycles. The van der Waals surface area contributed by atoms with Crippen LogP contribution in [0.1, 0.15) is 62.0 Å². The van der Waals surface area contributed by atoms with E-state index in [4.69, 9.17) is 0 Å². The van der Waals surface area contributed by atoms with Crippen molar-refractivity contribution in [2.75, 3.05) is 0 Å². The van der Waals surface area contributed by atoms with E-state index in [0.29, 0.717) is 6.42 Å². The summed E-state index contributed by atoms with van der Waals surface area (Å²) in [7, 11) is 0. The zero-order chi connectivity index (χ0) is 13.4. The number of rotatable bonds is 0. The summed E-state index contributed by atoms with van der Waals surface area (Å²) in [6.45, 7) is 10.3. The number of aryl methyl sites for hydroxylation is 2. The number of hydrogen-bond acceptors (Lipinski definition) is 3. The first-order valence-electron chi connectivity index (χ1n) is 6.55. The molecule has 2 rings (SSSR count). The van der Waals surface area contributed by atoms with Crippen molar-refractivity contribution in [3.63, 3.8) is 0 Å². The SMILES string of the molecule is CC.CCC.Cc1cc2c(s1)CCC(O)C2O. The first-order chi connectivity index (χ1) is 8.10. The fourth-order valence-corrected chi connectivity index (χ4v) is 2.76. The number of hydrogen-bond donors (Lipinski definition) is 2. The Balaban J connectivity index is 0.000000450. The second-order valence-electron chi connectivity index (χ2n) is 3.99. The van der Waals surface area contributed by atoms with Crippen LogP contribution in [0.5, 0.6) is 0 Å². The molecule has 0 fully saturated rings. The van der Waals surface area contributed by atoms with E-state index in [1.165, 1.54) is 16.2 Å². The van der Waals surface area contributed by atoms with Gasteiger partial charge in [0.25, 0.3) is 0 Å². The molecule has 3 heteroatoms. The molecule has 0 radical (unpaired) electrons. The third-order valence-corrected chi connectivity index (χ3v) is 3.44. The summed E-state index contributed by atoms with van der Waals surface area (Å²) < 4.78 is 0. The molecule has 0 bridgehead atoms. The molecule has 100 valence electrons. The lowest BCUT2D eigenvalue weighted by atomic mass is 9.93. The molecule has 1 aromatic heterocycles. The number of aliphatic hydroxyl groups is 2. The average Bonchev–Trinajstić information content (AvgIpc) is 2.69. The molecule has 0 saturated carbocycles. The first kappa shape index (κ1) is 16.6. The summed E-state index contributed by atoms with van der Waals surface area (Å²) in [5, 5.41) is 19.0. The van der Waals surface area contributed by atoms with E-state index in [9.17, 15) is 10.2 Å². The molecule has 0 aliphatic heterocycles. The van der Waals surface area contributed by atoms with Gasteiger partial charge in [0, 0.05) is 9.75 Å². The van der Waals surface area contributed by atoms with Crippen molar-refractivity contribution in [2.45, 2.75) is 66.1 Å². The van der Waals surface area contributed by atoms with E-state index < -0.39 is 12.2 Å². The van der Waals surface area contributed by atoms with Crippen molar-refractivity contribution in [1.82, 2.24) is 0 Å². The van der Waals surface area contributed by atoms with E-state index in [1.807, 2.05) is 26.8 Å². The van der Waals surface area contributed by atoms with Crippen molar-refractivity contribution in [3.8, 4) is 0 Å². The molecular formula is C14H26O2S. The van der Waals surface area contributed by atoms with Gasteiger partial charge in [0.1, 0.15) is 6.10 Å². The van der Waals surface area contributed by atoms with Crippen LogP contribution in [-0.2, 0) is 6.42 Å². The molecule has 2 N–H and O–H groups in total. The zero-order valence-electron chi connectivity index (χ0n) is 11.7. The van der Waals surface area contributed by atoms with Gasteiger partial charge in [0.05, 0.1) is 6.10 Å². The quantitative estimate of drug-likeness (QED) is 0.742. The van der Waals surface area contributed by atoms with Gasteiger partial charge in [-0.3, -0.25) is 0 Å². The van der Waals surface area contributed by atoms with Gasteiger partial charge >= 0.3 is 0 Å². The Labute approximate surface area is 109 Å². The Morgan fingerprint density at radius 2 is 1.82 bits per heavy atom. The summed E-state index contributed by atoms with van der Waals surface area (Å²) in [4.78, 5) is 2.46. The van der Waals surface area contributed by atoms with Crippen molar-refractivity contribution >= 4 is 11.3 Å². The third-order valence-electron chi connectivity index (χ3n) is 2.32. The number of fused-ring (bicyclic) bond motifs is 1. The van der Waals surface area contributed by atoms with Crippen LogP contribution in [0.4, 0.5) is 0 Å². The van der Waals surface area contributed by atoms with Crippen molar-refractivity contribution < 1.29 is 10.2 Å². The van der Waals surface area contributed by atoms with Gasteiger partial charge < -0.3 is 10.2 Å². The van der Waals surface area contributed by atoms with Gasteiger partial charge in [-0.1, -0.05) is 34.1 Å². The number of aliphatic hydroxyl groups excluding tert-OH is 2. The zero-order valence-corrected chi connectivity index (χ0v) is 12.5. The molecule has 1 aliphatic rings. The maximum Gasteiger partial charge on any atom is 0.106 e. The maximum atomic E-state index is 9.60. The van der Waals surface area contributed by atoms with Gasteiger partial charge in [-0.25, -0.2) is 0 Å². The highest BCUT2D eigenvalue weighted by molar-refractivity contribution is 7.12. The summed E-state index contributed by atoms with van der Waals surface area (Å²) >= 11 is 1.72. The first-order valence-corrected chi connectivity index (χ1v) is 7.37. The predicted molar refractivity (Wildman–Crippen MR) is 75.7 cm³/mol.